The largest absolute Gasteiger partial charge is 0.497 e. The first-order valence-electron chi connectivity index (χ1n) is 12.7. The summed E-state index contributed by atoms with van der Waals surface area (Å²) in [4.78, 5) is 2.31. The molecular weight excluding hydrogens is 454 g/mol. The summed E-state index contributed by atoms with van der Waals surface area (Å²) in [6.07, 6.45) is 4.35. The maximum absolute atomic E-state index is 10.7. The summed E-state index contributed by atoms with van der Waals surface area (Å²) >= 11 is 0. The first-order valence-corrected chi connectivity index (χ1v) is 12.7. The van der Waals surface area contributed by atoms with Gasteiger partial charge in [-0.1, -0.05) is 37.3 Å². The lowest BCUT2D eigenvalue weighted by Gasteiger charge is -2.25. The van der Waals surface area contributed by atoms with Crippen molar-refractivity contribution in [3.63, 3.8) is 0 Å². The minimum atomic E-state index is -0.583. The Kier molecular flexibility index (Phi) is 9.17. The third-order valence-electron chi connectivity index (χ3n) is 6.22. The third kappa shape index (κ3) is 6.97. The van der Waals surface area contributed by atoms with Crippen LogP contribution in [0.2, 0.25) is 0 Å². The van der Waals surface area contributed by atoms with Crippen molar-refractivity contribution < 1.29 is 19.3 Å². The lowest BCUT2D eigenvalue weighted by molar-refractivity contribution is 0.0235. The van der Waals surface area contributed by atoms with Crippen LogP contribution in [0.1, 0.15) is 31.0 Å². The van der Waals surface area contributed by atoms with E-state index in [1.165, 1.54) is 12.8 Å². The van der Waals surface area contributed by atoms with Crippen molar-refractivity contribution in [3.8, 4) is 23.1 Å². The van der Waals surface area contributed by atoms with E-state index in [9.17, 15) is 5.11 Å². The van der Waals surface area contributed by atoms with E-state index in [0.717, 1.165) is 35.7 Å². The van der Waals surface area contributed by atoms with Gasteiger partial charge in [0.25, 0.3) is 0 Å². The Balaban J connectivity index is 1.67. The molecule has 1 atom stereocenters. The molecular formula is C29H37N3O4. The molecule has 1 N–H and O–H groups in total. The molecule has 1 aromatic heterocycles. The molecule has 192 valence electrons. The monoisotopic (exact) mass is 491 g/mol. The van der Waals surface area contributed by atoms with E-state index in [1.54, 1.807) is 13.2 Å². The van der Waals surface area contributed by atoms with Crippen LogP contribution in [-0.4, -0.2) is 59.3 Å². The minimum absolute atomic E-state index is 0.282. The average molecular weight is 492 g/mol. The van der Waals surface area contributed by atoms with Gasteiger partial charge < -0.3 is 19.3 Å². The number of hydrogen-bond acceptors (Lipinski definition) is 6. The van der Waals surface area contributed by atoms with Gasteiger partial charge in [-0.25, -0.2) is 4.68 Å². The molecule has 0 aliphatic heterocycles. The van der Waals surface area contributed by atoms with Crippen LogP contribution in [0.5, 0.6) is 17.4 Å². The van der Waals surface area contributed by atoms with Gasteiger partial charge in [0, 0.05) is 25.7 Å². The second-order valence-corrected chi connectivity index (χ2v) is 9.23. The average Bonchev–Trinajstić information content (AvgIpc) is 3.65. The Bertz CT molecular complexity index is 1110. The van der Waals surface area contributed by atoms with E-state index in [2.05, 4.69) is 18.4 Å². The van der Waals surface area contributed by atoms with Crippen molar-refractivity contribution in [1.82, 2.24) is 14.7 Å². The molecule has 2 aromatic carbocycles. The van der Waals surface area contributed by atoms with Gasteiger partial charge in [-0.15, -0.1) is 6.58 Å². The number of aromatic nitrogens is 2. The van der Waals surface area contributed by atoms with Gasteiger partial charge in [0.2, 0.25) is 5.88 Å². The summed E-state index contributed by atoms with van der Waals surface area (Å²) in [5, 5.41) is 15.6. The van der Waals surface area contributed by atoms with Crippen LogP contribution in [0.4, 0.5) is 0 Å². The summed E-state index contributed by atoms with van der Waals surface area (Å²) in [7, 11) is 1.65. The SMILES string of the molecule is C=CCOCC(O)CN(Cc1c(CC)nn(-c2ccccc2)c1Oc1cccc(OC)c1)CC1CC1. The van der Waals surface area contributed by atoms with Crippen molar-refractivity contribution in [2.75, 3.05) is 33.4 Å². The number of benzene rings is 2. The van der Waals surface area contributed by atoms with E-state index in [1.807, 2.05) is 59.3 Å². The fourth-order valence-electron chi connectivity index (χ4n) is 4.28. The number of aliphatic hydroxyl groups excluding tert-OH is 1. The highest BCUT2D eigenvalue weighted by Crippen LogP contribution is 2.35. The predicted molar refractivity (Wildman–Crippen MR) is 141 cm³/mol. The maximum atomic E-state index is 10.7. The van der Waals surface area contributed by atoms with Gasteiger partial charge in [-0.3, -0.25) is 4.90 Å². The Labute approximate surface area is 213 Å². The van der Waals surface area contributed by atoms with Crippen molar-refractivity contribution in [1.29, 1.82) is 0 Å². The molecule has 1 fully saturated rings. The Morgan fingerprint density at radius 3 is 2.64 bits per heavy atom. The van der Waals surface area contributed by atoms with E-state index < -0.39 is 6.10 Å². The molecule has 4 rings (SSSR count). The van der Waals surface area contributed by atoms with Crippen molar-refractivity contribution >= 4 is 0 Å². The highest BCUT2D eigenvalue weighted by atomic mass is 16.5. The van der Waals surface area contributed by atoms with E-state index in [4.69, 9.17) is 19.3 Å². The van der Waals surface area contributed by atoms with Crippen molar-refractivity contribution in [2.45, 2.75) is 38.8 Å². The topological polar surface area (TPSA) is 69.0 Å². The second kappa shape index (κ2) is 12.7. The van der Waals surface area contributed by atoms with Gasteiger partial charge in [-0.2, -0.15) is 5.10 Å². The first-order chi connectivity index (χ1) is 17.6. The summed E-state index contributed by atoms with van der Waals surface area (Å²) in [5.74, 6) is 2.77. The molecule has 0 amide bonds. The Morgan fingerprint density at radius 2 is 1.94 bits per heavy atom. The molecule has 0 saturated heterocycles. The number of para-hydroxylation sites is 1. The number of aliphatic hydroxyl groups is 1. The molecule has 3 aromatic rings. The molecule has 1 saturated carbocycles. The van der Waals surface area contributed by atoms with E-state index >= 15 is 0 Å². The lowest BCUT2D eigenvalue weighted by atomic mass is 10.1. The third-order valence-corrected chi connectivity index (χ3v) is 6.22. The quantitative estimate of drug-likeness (QED) is 0.238. The van der Waals surface area contributed by atoms with Crippen LogP contribution >= 0.6 is 0 Å². The minimum Gasteiger partial charge on any atom is -0.497 e. The number of methoxy groups -OCH3 is 1. The van der Waals surface area contributed by atoms with Crippen LogP contribution < -0.4 is 9.47 Å². The normalized spacial score (nSPS) is 14.1. The van der Waals surface area contributed by atoms with Gasteiger partial charge in [0.1, 0.15) is 11.5 Å². The highest BCUT2D eigenvalue weighted by Gasteiger charge is 2.28. The van der Waals surface area contributed by atoms with Crippen LogP contribution in [0.25, 0.3) is 5.69 Å². The number of rotatable bonds is 15. The number of ether oxygens (including phenoxy) is 3. The zero-order valence-electron chi connectivity index (χ0n) is 21.3. The summed E-state index contributed by atoms with van der Waals surface area (Å²) in [6, 6.07) is 17.6. The first kappa shape index (κ1) is 25.9. The zero-order chi connectivity index (χ0) is 25.3. The number of nitrogens with zero attached hydrogens (tertiary/aromatic N) is 3. The smallest absolute Gasteiger partial charge is 0.227 e. The Morgan fingerprint density at radius 1 is 1.17 bits per heavy atom. The molecule has 36 heavy (non-hydrogen) atoms. The summed E-state index contributed by atoms with van der Waals surface area (Å²) in [5.41, 5.74) is 2.95. The standard InChI is InChI=1S/C29H37N3O4/c1-4-16-35-21-24(33)19-31(18-22-14-15-22)20-27-28(5-2)30-32(23-10-7-6-8-11-23)29(27)36-26-13-9-12-25(17-26)34-3/h4,6-13,17,22,24,33H,1,5,14-16,18-21H2,2-3H3. The fourth-order valence-corrected chi connectivity index (χ4v) is 4.28. The molecule has 0 radical (unpaired) electrons. The van der Waals surface area contributed by atoms with E-state index in [-0.39, 0.29) is 6.61 Å². The molecule has 0 bridgehead atoms. The van der Waals surface area contributed by atoms with Crippen molar-refractivity contribution in [3.05, 3.63) is 78.5 Å². The predicted octanol–water partition coefficient (Wildman–Crippen LogP) is 5.01. The van der Waals surface area contributed by atoms with Crippen LogP contribution in [-0.2, 0) is 17.7 Å². The van der Waals surface area contributed by atoms with Crippen LogP contribution in [0, 0.1) is 5.92 Å². The molecule has 1 heterocycles. The van der Waals surface area contributed by atoms with Crippen LogP contribution in [0.3, 0.4) is 0 Å². The Hall–Kier alpha value is -3.13. The van der Waals surface area contributed by atoms with Gasteiger partial charge >= 0.3 is 0 Å². The van der Waals surface area contributed by atoms with Crippen LogP contribution in [0.15, 0.2) is 67.3 Å². The number of hydrogen-bond donors (Lipinski definition) is 1. The van der Waals surface area contributed by atoms with Gasteiger partial charge in [-0.05, 0) is 49.4 Å². The molecule has 0 spiro atoms. The highest BCUT2D eigenvalue weighted by molar-refractivity contribution is 5.44. The molecule has 1 unspecified atom stereocenters. The van der Waals surface area contributed by atoms with Gasteiger partial charge in [0.15, 0.2) is 0 Å². The molecule has 1 aliphatic carbocycles. The van der Waals surface area contributed by atoms with Gasteiger partial charge in [0.05, 0.1) is 43.4 Å². The lowest BCUT2D eigenvalue weighted by Crippen LogP contribution is -2.36. The fraction of sp³-hybridized carbons (Fsp3) is 0.414. The second-order valence-electron chi connectivity index (χ2n) is 9.23. The zero-order valence-corrected chi connectivity index (χ0v) is 21.3. The summed E-state index contributed by atoms with van der Waals surface area (Å²) < 4.78 is 19.3. The molecule has 1 aliphatic rings. The van der Waals surface area contributed by atoms with Crippen molar-refractivity contribution in [2.24, 2.45) is 5.92 Å². The number of aryl methyl sites for hydroxylation is 1. The maximum Gasteiger partial charge on any atom is 0.227 e. The molecule has 7 heteroatoms. The summed E-state index contributed by atoms with van der Waals surface area (Å²) in [6.45, 7) is 8.58. The van der Waals surface area contributed by atoms with E-state index in [0.29, 0.717) is 37.2 Å². The molecule has 7 nitrogen and oxygen atoms in total.